The second-order valence-corrected chi connectivity index (χ2v) is 9.00. The van der Waals surface area contributed by atoms with Crippen molar-refractivity contribution in [2.45, 2.75) is 31.6 Å². The molecule has 158 valence electrons. The first-order valence-corrected chi connectivity index (χ1v) is 11.3. The van der Waals surface area contributed by atoms with Gasteiger partial charge in [0.15, 0.2) is 5.13 Å². The molecule has 4 aromatic rings. The quantitative estimate of drug-likeness (QED) is 0.371. The van der Waals surface area contributed by atoms with Crippen molar-refractivity contribution in [2.24, 2.45) is 0 Å². The molecule has 6 nitrogen and oxygen atoms in total. The third-order valence-corrected chi connectivity index (χ3v) is 6.60. The first-order valence-electron chi connectivity index (χ1n) is 9.46. The number of pyridine rings is 1. The number of hydrogen-bond donors (Lipinski definition) is 1. The zero-order valence-electron chi connectivity index (χ0n) is 17.1. The Morgan fingerprint density at radius 2 is 1.97 bits per heavy atom. The molecule has 0 aliphatic heterocycles. The lowest BCUT2D eigenvalue weighted by Gasteiger charge is -2.07. The average molecular weight is 455 g/mol. The van der Waals surface area contributed by atoms with Gasteiger partial charge in [-0.1, -0.05) is 5.16 Å². The van der Waals surface area contributed by atoms with Gasteiger partial charge in [0.2, 0.25) is 0 Å². The number of aryl methyl sites for hydroxylation is 3. The second-order valence-electron chi connectivity index (χ2n) is 6.83. The van der Waals surface area contributed by atoms with E-state index in [1.165, 1.54) is 35.2 Å². The molecule has 3 heterocycles. The Morgan fingerprint density at radius 1 is 1.19 bits per heavy atom. The Hall–Kier alpha value is -3.04. The fourth-order valence-electron chi connectivity index (χ4n) is 3.02. The number of anilines is 1. The van der Waals surface area contributed by atoms with Crippen molar-refractivity contribution < 1.29 is 13.7 Å². The topological polar surface area (TPSA) is 80.9 Å². The van der Waals surface area contributed by atoms with E-state index < -0.39 is 0 Å². The number of carbonyl (C=O) groups is 1. The van der Waals surface area contributed by atoms with Gasteiger partial charge in [-0.05, 0) is 57.2 Å². The van der Waals surface area contributed by atoms with Gasteiger partial charge < -0.3 is 4.52 Å². The smallest absolute Gasteiger partial charge is 0.260 e. The zero-order valence-corrected chi connectivity index (χ0v) is 18.7. The first-order chi connectivity index (χ1) is 14.9. The van der Waals surface area contributed by atoms with Gasteiger partial charge in [-0.3, -0.25) is 10.1 Å². The maximum Gasteiger partial charge on any atom is 0.260 e. The van der Waals surface area contributed by atoms with Crippen molar-refractivity contribution in [3.05, 3.63) is 75.9 Å². The molecular weight excluding hydrogens is 435 g/mol. The van der Waals surface area contributed by atoms with E-state index in [0.29, 0.717) is 21.5 Å². The fraction of sp³-hybridized carbons (Fsp3) is 0.182. The van der Waals surface area contributed by atoms with E-state index >= 15 is 0 Å². The minimum Gasteiger partial charge on any atom is -0.361 e. The van der Waals surface area contributed by atoms with Gasteiger partial charge in [-0.15, -0.1) is 23.1 Å². The van der Waals surface area contributed by atoms with Gasteiger partial charge in [0.1, 0.15) is 16.6 Å². The Morgan fingerprint density at radius 3 is 2.68 bits per heavy atom. The highest BCUT2D eigenvalue weighted by atomic mass is 32.2. The molecule has 1 N–H and O–H groups in total. The molecule has 4 rings (SSSR count). The van der Waals surface area contributed by atoms with E-state index in [-0.39, 0.29) is 11.7 Å². The summed E-state index contributed by atoms with van der Waals surface area (Å²) in [6.45, 7) is 5.67. The highest BCUT2D eigenvalue weighted by Gasteiger charge is 2.18. The molecule has 0 radical (unpaired) electrons. The molecular formula is C22H19FN4O2S2. The minimum atomic E-state index is -0.302. The van der Waals surface area contributed by atoms with Gasteiger partial charge in [-0.25, -0.2) is 14.4 Å². The van der Waals surface area contributed by atoms with E-state index in [1.807, 2.05) is 20.8 Å². The van der Waals surface area contributed by atoms with Crippen LogP contribution in [0, 0.1) is 26.6 Å². The van der Waals surface area contributed by atoms with E-state index in [9.17, 15) is 9.18 Å². The molecule has 0 atom stereocenters. The number of halogens is 1. The summed E-state index contributed by atoms with van der Waals surface area (Å²) < 4.78 is 18.4. The highest BCUT2D eigenvalue weighted by molar-refractivity contribution is 7.98. The van der Waals surface area contributed by atoms with E-state index in [4.69, 9.17) is 4.52 Å². The summed E-state index contributed by atoms with van der Waals surface area (Å²) in [6, 6.07) is 9.60. The van der Waals surface area contributed by atoms with Crippen molar-refractivity contribution >= 4 is 34.1 Å². The van der Waals surface area contributed by atoms with Crippen LogP contribution in [0.1, 0.15) is 32.3 Å². The number of nitrogens with one attached hydrogen (secondary N) is 1. The van der Waals surface area contributed by atoms with Gasteiger partial charge in [0, 0.05) is 28.0 Å². The van der Waals surface area contributed by atoms with Crippen LogP contribution in [0.2, 0.25) is 0 Å². The molecule has 1 amide bonds. The Balaban J connectivity index is 1.52. The lowest BCUT2D eigenvalue weighted by molar-refractivity contribution is 0.102. The number of amides is 1. The Bertz CT molecular complexity index is 1220. The fourth-order valence-corrected chi connectivity index (χ4v) is 4.99. The molecule has 9 heteroatoms. The van der Waals surface area contributed by atoms with Gasteiger partial charge in [-0.2, -0.15) is 0 Å². The molecule has 0 saturated carbocycles. The van der Waals surface area contributed by atoms with Crippen LogP contribution in [0.25, 0.3) is 11.3 Å². The van der Waals surface area contributed by atoms with Crippen molar-refractivity contribution in [3.63, 3.8) is 0 Å². The zero-order chi connectivity index (χ0) is 22.0. The molecule has 3 aromatic heterocycles. The van der Waals surface area contributed by atoms with E-state index in [2.05, 4.69) is 20.4 Å². The first kappa shape index (κ1) is 21.2. The van der Waals surface area contributed by atoms with E-state index in [0.717, 1.165) is 33.2 Å². The molecule has 0 saturated heterocycles. The largest absolute Gasteiger partial charge is 0.361 e. The monoisotopic (exact) mass is 454 g/mol. The standard InChI is InChI=1S/C22H19FN4O2S2/c1-12-18(13(2)29-27-12)11-30-21-17(5-4-10-24-21)20(28)26-22-25-19(14(3)31-22)15-6-8-16(23)9-7-15/h4-10H,11H2,1-3H3,(H,25,26,28). The summed E-state index contributed by atoms with van der Waals surface area (Å²) >= 11 is 2.83. The normalized spacial score (nSPS) is 11.0. The van der Waals surface area contributed by atoms with Gasteiger partial charge >= 0.3 is 0 Å². The average Bonchev–Trinajstić information content (AvgIpc) is 3.28. The molecule has 0 unspecified atom stereocenters. The van der Waals surface area contributed by atoms with Crippen LogP contribution < -0.4 is 5.32 Å². The lowest BCUT2D eigenvalue weighted by atomic mass is 10.1. The maximum absolute atomic E-state index is 13.2. The molecule has 1 aromatic carbocycles. The number of benzene rings is 1. The predicted octanol–water partition coefficient (Wildman–Crippen LogP) is 5.80. The van der Waals surface area contributed by atoms with E-state index in [1.54, 1.807) is 30.5 Å². The Labute approximate surface area is 186 Å². The van der Waals surface area contributed by atoms with Crippen molar-refractivity contribution in [3.8, 4) is 11.3 Å². The van der Waals surface area contributed by atoms with Gasteiger partial charge in [0.05, 0.1) is 17.0 Å². The van der Waals surface area contributed by atoms with Crippen LogP contribution in [0.3, 0.4) is 0 Å². The third kappa shape index (κ3) is 4.67. The van der Waals surface area contributed by atoms with Crippen molar-refractivity contribution in [2.75, 3.05) is 5.32 Å². The summed E-state index contributed by atoms with van der Waals surface area (Å²) in [4.78, 5) is 22.8. The second kappa shape index (κ2) is 8.99. The molecule has 0 aliphatic carbocycles. The van der Waals surface area contributed by atoms with Crippen molar-refractivity contribution in [1.82, 2.24) is 15.1 Å². The SMILES string of the molecule is Cc1noc(C)c1CSc1ncccc1C(=O)Nc1nc(-c2ccc(F)cc2)c(C)s1. The molecule has 0 bridgehead atoms. The summed E-state index contributed by atoms with van der Waals surface area (Å²) in [5.41, 5.74) is 3.82. The summed E-state index contributed by atoms with van der Waals surface area (Å²) in [6.07, 6.45) is 1.66. The lowest BCUT2D eigenvalue weighted by Crippen LogP contribution is -2.13. The molecule has 0 aliphatic rings. The van der Waals surface area contributed by atoms with Crippen molar-refractivity contribution in [1.29, 1.82) is 0 Å². The number of aromatic nitrogens is 3. The molecule has 0 fully saturated rings. The maximum atomic E-state index is 13.2. The number of thiazole rings is 1. The van der Waals surface area contributed by atoms with Crippen LogP contribution in [0.15, 0.2) is 52.1 Å². The highest BCUT2D eigenvalue weighted by Crippen LogP contribution is 2.32. The van der Waals surface area contributed by atoms with Crippen LogP contribution >= 0.6 is 23.1 Å². The van der Waals surface area contributed by atoms with Gasteiger partial charge in [0.25, 0.3) is 5.91 Å². The minimum absolute atomic E-state index is 0.284. The summed E-state index contributed by atoms with van der Waals surface area (Å²) in [5.74, 6) is 0.777. The van der Waals surface area contributed by atoms with Crippen LogP contribution in [0.5, 0.6) is 0 Å². The number of rotatable bonds is 6. The number of carbonyl (C=O) groups excluding carboxylic acids is 1. The predicted molar refractivity (Wildman–Crippen MR) is 120 cm³/mol. The number of nitrogens with zero attached hydrogens (tertiary/aromatic N) is 3. The number of hydrogen-bond acceptors (Lipinski definition) is 7. The summed E-state index contributed by atoms with van der Waals surface area (Å²) in [7, 11) is 0. The number of thioether (sulfide) groups is 1. The molecule has 31 heavy (non-hydrogen) atoms. The van der Waals surface area contributed by atoms with Crippen LogP contribution in [-0.2, 0) is 5.75 Å². The van der Waals surface area contributed by atoms with Crippen LogP contribution in [-0.4, -0.2) is 21.0 Å². The van der Waals surface area contributed by atoms with Crippen LogP contribution in [0.4, 0.5) is 9.52 Å². The Kier molecular flexibility index (Phi) is 6.15. The summed E-state index contributed by atoms with van der Waals surface area (Å²) in [5, 5.41) is 7.93. The third-order valence-electron chi connectivity index (χ3n) is 4.68. The molecule has 0 spiro atoms.